The molecule has 2 aromatic rings. The Hall–Kier alpha value is -2.53. The first-order valence-electron chi connectivity index (χ1n) is 7.76. The molecule has 0 aromatic heterocycles. The zero-order valence-electron chi connectivity index (χ0n) is 13.7. The molecule has 4 nitrogen and oxygen atoms in total. The number of rotatable bonds is 8. The third-order valence-corrected chi connectivity index (χ3v) is 3.32. The van der Waals surface area contributed by atoms with Crippen molar-refractivity contribution in [2.24, 2.45) is 0 Å². The molecule has 0 aliphatic heterocycles. The van der Waals surface area contributed by atoms with E-state index in [-0.39, 0.29) is 6.04 Å². The van der Waals surface area contributed by atoms with Crippen molar-refractivity contribution in [1.29, 1.82) is 0 Å². The first-order chi connectivity index (χ1) is 11.7. The van der Waals surface area contributed by atoms with Gasteiger partial charge in [0.25, 0.3) is 0 Å². The molecule has 5 heteroatoms. The van der Waals surface area contributed by atoms with Gasteiger partial charge in [0.05, 0.1) is 6.04 Å². The van der Waals surface area contributed by atoms with Gasteiger partial charge in [-0.2, -0.15) is 0 Å². The monoisotopic (exact) mass is 342 g/mol. The summed E-state index contributed by atoms with van der Waals surface area (Å²) < 4.78 is 11.1. The van der Waals surface area contributed by atoms with Gasteiger partial charge in [0.2, 0.25) is 0 Å². The Kier molecular flexibility index (Phi) is 7.11. The van der Waals surface area contributed by atoms with Crippen LogP contribution in [0.15, 0.2) is 67.3 Å². The van der Waals surface area contributed by atoms with Crippen LogP contribution in [0, 0.1) is 0 Å². The summed E-state index contributed by atoms with van der Waals surface area (Å²) in [6.45, 7) is 6.66. The first-order valence-corrected chi connectivity index (χ1v) is 8.17. The lowest BCUT2D eigenvalue weighted by Gasteiger charge is -2.17. The summed E-state index contributed by atoms with van der Waals surface area (Å²) in [5.41, 5.74) is 0.898. The van der Waals surface area contributed by atoms with Crippen molar-refractivity contribution in [2.45, 2.75) is 13.0 Å². The Morgan fingerprint density at radius 1 is 1.08 bits per heavy atom. The molecule has 0 bridgehead atoms. The highest BCUT2D eigenvalue weighted by molar-refractivity contribution is 7.80. The molecule has 0 fully saturated rings. The van der Waals surface area contributed by atoms with E-state index in [9.17, 15) is 0 Å². The van der Waals surface area contributed by atoms with E-state index in [1.807, 2.05) is 61.5 Å². The molecule has 0 spiro atoms. The SMILES string of the molecule is C=CCOc1ccc(NC(=S)N[C@H](C)COc2ccccc2)cc1. The molecule has 1 atom stereocenters. The lowest BCUT2D eigenvalue weighted by molar-refractivity contribution is 0.287. The van der Waals surface area contributed by atoms with Crippen LogP contribution in [0.5, 0.6) is 11.5 Å². The van der Waals surface area contributed by atoms with Gasteiger partial charge in [0, 0.05) is 5.69 Å². The van der Waals surface area contributed by atoms with Crippen LogP contribution in [0.2, 0.25) is 0 Å². The molecule has 2 rings (SSSR count). The maximum atomic E-state index is 5.70. The van der Waals surface area contributed by atoms with E-state index in [0.29, 0.717) is 18.3 Å². The molecular formula is C19H22N2O2S. The first kappa shape index (κ1) is 17.8. The average Bonchev–Trinajstić information content (AvgIpc) is 2.60. The summed E-state index contributed by atoms with van der Waals surface area (Å²) in [5.74, 6) is 1.64. The second-order valence-electron chi connectivity index (χ2n) is 5.25. The van der Waals surface area contributed by atoms with Crippen LogP contribution in [0.4, 0.5) is 5.69 Å². The number of hydrogen-bond donors (Lipinski definition) is 2. The minimum Gasteiger partial charge on any atom is -0.491 e. The average molecular weight is 342 g/mol. The highest BCUT2D eigenvalue weighted by Crippen LogP contribution is 2.15. The van der Waals surface area contributed by atoms with Gasteiger partial charge in [-0.1, -0.05) is 30.9 Å². The molecule has 2 aromatic carbocycles. The third-order valence-electron chi connectivity index (χ3n) is 3.10. The van der Waals surface area contributed by atoms with E-state index in [0.717, 1.165) is 17.2 Å². The van der Waals surface area contributed by atoms with Gasteiger partial charge in [0.15, 0.2) is 5.11 Å². The quantitative estimate of drug-likeness (QED) is 0.560. The van der Waals surface area contributed by atoms with Crippen molar-refractivity contribution < 1.29 is 9.47 Å². The van der Waals surface area contributed by atoms with Gasteiger partial charge < -0.3 is 20.1 Å². The number of benzene rings is 2. The molecule has 0 aliphatic carbocycles. The number of ether oxygens (including phenoxy) is 2. The van der Waals surface area contributed by atoms with Gasteiger partial charge in [-0.3, -0.25) is 0 Å². The molecule has 0 aliphatic rings. The Morgan fingerprint density at radius 3 is 2.42 bits per heavy atom. The molecule has 0 saturated heterocycles. The van der Waals surface area contributed by atoms with Crippen LogP contribution in [0.25, 0.3) is 0 Å². The second-order valence-corrected chi connectivity index (χ2v) is 5.66. The fraction of sp³-hybridized carbons (Fsp3) is 0.211. The van der Waals surface area contributed by atoms with Crippen LogP contribution < -0.4 is 20.1 Å². The number of para-hydroxylation sites is 1. The standard InChI is InChI=1S/C19H22N2O2S/c1-3-13-22-18-11-9-16(10-12-18)21-19(24)20-15(2)14-23-17-7-5-4-6-8-17/h3-12,15H,1,13-14H2,2H3,(H2,20,21,24)/t15-/m1/s1. The molecule has 2 N–H and O–H groups in total. The van der Waals surface area contributed by atoms with Crippen molar-refractivity contribution >= 4 is 23.0 Å². The maximum absolute atomic E-state index is 5.70. The molecular weight excluding hydrogens is 320 g/mol. The van der Waals surface area contributed by atoms with Crippen molar-refractivity contribution in [3.05, 3.63) is 67.3 Å². The number of hydrogen-bond acceptors (Lipinski definition) is 3. The predicted molar refractivity (Wildman–Crippen MR) is 103 cm³/mol. The lowest BCUT2D eigenvalue weighted by Crippen LogP contribution is -2.39. The fourth-order valence-electron chi connectivity index (χ4n) is 1.96. The summed E-state index contributed by atoms with van der Waals surface area (Å²) in [6.07, 6.45) is 1.71. The third kappa shape index (κ3) is 6.30. The van der Waals surface area contributed by atoms with Crippen LogP contribution in [0.1, 0.15) is 6.92 Å². The summed E-state index contributed by atoms with van der Waals surface area (Å²) >= 11 is 5.32. The summed E-state index contributed by atoms with van der Waals surface area (Å²) in [5, 5.41) is 6.90. The molecule has 0 saturated carbocycles. The molecule has 0 unspecified atom stereocenters. The molecule has 0 radical (unpaired) electrons. The van der Waals surface area contributed by atoms with Crippen molar-refractivity contribution in [3.63, 3.8) is 0 Å². The Balaban J connectivity index is 1.74. The highest BCUT2D eigenvalue weighted by atomic mass is 32.1. The van der Waals surface area contributed by atoms with Crippen molar-refractivity contribution in [2.75, 3.05) is 18.5 Å². The second kappa shape index (κ2) is 9.57. The maximum Gasteiger partial charge on any atom is 0.171 e. The Labute approximate surface area is 148 Å². The van der Waals surface area contributed by atoms with Crippen molar-refractivity contribution in [1.82, 2.24) is 5.32 Å². The van der Waals surface area contributed by atoms with Crippen LogP contribution in [0.3, 0.4) is 0 Å². The topological polar surface area (TPSA) is 42.5 Å². The minimum atomic E-state index is 0.0837. The van der Waals surface area contributed by atoms with E-state index < -0.39 is 0 Å². The van der Waals surface area contributed by atoms with E-state index in [1.54, 1.807) is 6.08 Å². The van der Waals surface area contributed by atoms with E-state index in [1.165, 1.54) is 0 Å². The molecule has 0 amide bonds. The van der Waals surface area contributed by atoms with Crippen molar-refractivity contribution in [3.8, 4) is 11.5 Å². The van der Waals surface area contributed by atoms with Gasteiger partial charge >= 0.3 is 0 Å². The van der Waals surface area contributed by atoms with Gasteiger partial charge in [-0.15, -0.1) is 0 Å². The minimum absolute atomic E-state index is 0.0837. The summed E-state index contributed by atoms with van der Waals surface area (Å²) in [4.78, 5) is 0. The number of anilines is 1. The zero-order chi connectivity index (χ0) is 17.2. The zero-order valence-corrected chi connectivity index (χ0v) is 14.5. The summed E-state index contributed by atoms with van der Waals surface area (Å²) in [7, 11) is 0. The fourth-order valence-corrected chi connectivity index (χ4v) is 2.28. The molecule has 24 heavy (non-hydrogen) atoms. The largest absolute Gasteiger partial charge is 0.491 e. The van der Waals surface area contributed by atoms with Crippen LogP contribution >= 0.6 is 12.2 Å². The smallest absolute Gasteiger partial charge is 0.171 e. The van der Waals surface area contributed by atoms with Crippen LogP contribution in [-0.4, -0.2) is 24.4 Å². The van der Waals surface area contributed by atoms with Gasteiger partial charge in [-0.05, 0) is 55.5 Å². The van der Waals surface area contributed by atoms with E-state index in [2.05, 4.69) is 17.2 Å². The van der Waals surface area contributed by atoms with Gasteiger partial charge in [-0.25, -0.2) is 0 Å². The Morgan fingerprint density at radius 2 is 1.75 bits per heavy atom. The number of nitrogens with one attached hydrogen (secondary N) is 2. The van der Waals surface area contributed by atoms with E-state index >= 15 is 0 Å². The van der Waals surface area contributed by atoms with Crippen LogP contribution in [-0.2, 0) is 0 Å². The number of thiocarbonyl (C=S) groups is 1. The van der Waals surface area contributed by atoms with Gasteiger partial charge in [0.1, 0.15) is 24.7 Å². The normalized spacial score (nSPS) is 11.2. The highest BCUT2D eigenvalue weighted by Gasteiger charge is 2.06. The molecule has 126 valence electrons. The predicted octanol–water partition coefficient (Wildman–Crippen LogP) is 4.01. The summed E-state index contributed by atoms with van der Waals surface area (Å²) in [6, 6.07) is 17.4. The Bertz CT molecular complexity index is 644. The lowest BCUT2D eigenvalue weighted by atomic mass is 10.3. The van der Waals surface area contributed by atoms with E-state index in [4.69, 9.17) is 21.7 Å². The molecule has 0 heterocycles.